The zero-order chi connectivity index (χ0) is 48.5. The van der Waals surface area contributed by atoms with Crippen molar-refractivity contribution < 1.29 is 0 Å². The highest BCUT2D eigenvalue weighted by Crippen LogP contribution is 2.60. The van der Waals surface area contributed by atoms with Crippen molar-refractivity contribution in [1.29, 1.82) is 0 Å². The van der Waals surface area contributed by atoms with Crippen LogP contribution in [-0.4, -0.2) is 29.4 Å². The lowest BCUT2D eigenvalue weighted by Gasteiger charge is -2.44. The minimum atomic E-state index is -1.22. The highest BCUT2D eigenvalue weighted by atomic mass is 31.1. The molecule has 0 aliphatic carbocycles. The molecule has 0 saturated carbocycles. The molecule has 0 aromatic heterocycles. The van der Waals surface area contributed by atoms with Crippen LogP contribution in [0.25, 0.3) is 0 Å². The minimum absolute atomic E-state index is 0.309. The van der Waals surface area contributed by atoms with Crippen LogP contribution in [0.3, 0.4) is 0 Å². The van der Waals surface area contributed by atoms with Gasteiger partial charge in [-0.25, -0.2) is 0 Å². The number of hydrogen-bond donors (Lipinski definition) is 0. The van der Waals surface area contributed by atoms with Gasteiger partial charge in [0.1, 0.15) is 17.0 Å². The fourth-order valence-electron chi connectivity index (χ4n) is 12.0. The van der Waals surface area contributed by atoms with E-state index in [9.17, 15) is 0 Å². The van der Waals surface area contributed by atoms with Gasteiger partial charge in [0.05, 0.1) is 0 Å². The molecule has 2 atom stereocenters. The normalized spacial score (nSPS) is 16.8. The summed E-state index contributed by atoms with van der Waals surface area (Å²) in [6.45, 7) is 0. The summed E-state index contributed by atoms with van der Waals surface area (Å²) >= 11 is 0. The van der Waals surface area contributed by atoms with E-state index >= 15 is 0 Å². The van der Waals surface area contributed by atoms with Crippen molar-refractivity contribution in [2.45, 2.75) is 23.7 Å². The molecule has 2 fully saturated rings. The third-order valence-electron chi connectivity index (χ3n) is 15.3. The molecule has 4 heteroatoms. The van der Waals surface area contributed by atoms with Crippen LogP contribution in [0.15, 0.2) is 303 Å². The average Bonchev–Trinajstić information content (AvgIpc) is 4.06. The molecule has 2 aliphatic heterocycles. The van der Waals surface area contributed by atoms with Crippen molar-refractivity contribution >= 4 is 65.4 Å². The van der Waals surface area contributed by atoms with Gasteiger partial charge in [-0.3, -0.25) is 0 Å². The highest BCUT2D eigenvalue weighted by molar-refractivity contribution is 7.84. The molecule has 0 spiro atoms. The Morgan fingerprint density at radius 3 is 0.708 bits per heavy atom. The van der Waals surface area contributed by atoms with Crippen LogP contribution < -0.4 is 37.1 Å². The second-order valence-corrected chi connectivity index (χ2v) is 23.5. The largest absolute Gasteiger partial charge is 0.318 e. The van der Waals surface area contributed by atoms with Crippen LogP contribution in [0.1, 0.15) is 35.1 Å². The summed E-state index contributed by atoms with van der Waals surface area (Å²) in [5.41, 5.74) is 12.8. The summed E-state index contributed by atoms with van der Waals surface area (Å²) in [5, 5.41) is 2.84. The molecule has 348 valence electrons. The van der Waals surface area contributed by atoms with E-state index in [1.54, 1.807) is 0 Å². The van der Waals surface area contributed by atoms with Crippen molar-refractivity contribution in [3.63, 3.8) is 0 Å². The lowest BCUT2D eigenvalue weighted by Crippen LogP contribution is -2.74. The molecule has 1 nitrogen and oxygen atoms in total. The second kappa shape index (κ2) is 21.5. The zero-order valence-corrected chi connectivity index (χ0v) is 42.4. The number of rotatable bonds is 10. The number of hydrogen-bond acceptors (Lipinski definition) is 0. The van der Waals surface area contributed by atoms with E-state index in [1.165, 1.54) is 65.6 Å². The molecule has 0 N–H and O–H groups in total. The Bertz CT molecular complexity index is 2970. The molecule has 2 saturated heterocycles. The number of nitrogens with zero attached hydrogens (tertiary/aromatic N) is 1. The van der Waals surface area contributed by atoms with E-state index in [2.05, 4.69) is 303 Å². The van der Waals surface area contributed by atoms with Gasteiger partial charge in [-0.15, -0.1) is 0 Å². The van der Waals surface area contributed by atoms with Gasteiger partial charge in [0.25, 0.3) is 0 Å². The highest BCUT2D eigenvalue weighted by Gasteiger charge is 2.59. The topological polar surface area (TPSA) is 14.1 Å². The Hall–Kier alpha value is -7.43. The predicted octanol–water partition coefficient (Wildman–Crippen LogP) is 12.3. The maximum Gasteiger partial charge on any atom is 0.318 e. The molecule has 10 aromatic carbocycles. The Labute approximate surface area is 429 Å². The molecule has 0 bridgehead atoms. The first-order chi connectivity index (χ1) is 35.7. The fraction of sp³-hybridized carbons (Fsp3) is 0.0882. The summed E-state index contributed by atoms with van der Waals surface area (Å²) in [7, 11) is -1.37. The van der Waals surface area contributed by atoms with E-state index < -0.39 is 22.0 Å². The second-order valence-electron chi connectivity index (χ2n) is 19.0. The number of benzene rings is 10. The van der Waals surface area contributed by atoms with Crippen molar-refractivity contribution in [2.24, 2.45) is 0 Å². The Kier molecular flexibility index (Phi) is 14.0. The van der Waals surface area contributed by atoms with Crippen molar-refractivity contribution in [3.05, 3.63) is 326 Å². The van der Waals surface area contributed by atoms with Crippen LogP contribution >= 0.6 is 15.8 Å². The first-order valence-electron chi connectivity index (χ1n) is 25.4. The van der Waals surface area contributed by atoms with E-state index in [1.807, 2.05) is 0 Å². The van der Waals surface area contributed by atoms with Crippen LogP contribution in [-0.2, 0) is 10.8 Å². The first kappa shape index (κ1) is 46.9. The maximum atomic E-state index is 6.29. The van der Waals surface area contributed by atoms with Crippen LogP contribution in [0.4, 0.5) is 0 Å². The molecule has 2 heterocycles. The summed E-state index contributed by atoms with van der Waals surface area (Å²) in [6, 6.07) is 111. The van der Waals surface area contributed by atoms with Crippen molar-refractivity contribution in [1.82, 2.24) is 4.67 Å². The third kappa shape index (κ3) is 8.76. The van der Waals surface area contributed by atoms with Gasteiger partial charge < -0.3 is 0 Å². The summed E-state index contributed by atoms with van der Waals surface area (Å²) < 4.78 is 6.29. The monoisotopic (exact) mass is 961 g/mol. The molecule has 0 amide bonds. The minimum Gasteiger partial charge on any atom is -0.195 e. The predicted molar refractivity (Wildman–Crippen MR) is 314 cm³/mol. The molecule has 12 rings (SSSR count). The Morgan fingerprint density at radius 1 is 0.264 bits per heavy atom. The van der Waals surface area contributed by atoms with Gasteiger partial charge in [-0.05, 0) is 58.0 Å². The lowest BCUT2D eigenvalue weighted by atomic mass is 9.13. The SMILES string of the molecule is c1ccc(P2CCC(c3ccccc3)(c3ccccc3)C2=[N+]=C2P(c3ccccc3)CCC2(c2ccccc2)c2ccccc2)cc1.c1ccc([B-](c2ccccc2)(c2ccccc2)c2ccccc2)cc1. The van der Waals surface area contributed by atoms with Crippen LogP contribution in [0.5, 0.6) is 0 Å². The molecule has 2 aliphatic rings. The van der Waals surface area contributed by atoms with Gasteiger partial charge in [-0.1, -0.05) is 308 Å². The van der Waals surface area contributed by atoms with Crippen molar-refractivity contribution in [3.8, 4) is 0 Å². The molecular weight excluding hydrogens is 904 g/mol. The molecule has 72 heavy (non-hydrogen) atoms. The van der Waals surface area contributed by atoms with Gasteiger partial charge in [0.2, 0.25) is 0 Å². The maximum absolute atomic E-state index is 6.29. The smallest absolute Gasteiger partial charge is 0.195 e. The average molecular weight is 962 g/mol. The summed E-state index contributed by atoms with van der Waals surface area (Å²) in [6.07, 6.45) is 3.10. The summed E-state index contributed by atoms with van der Waals surface area (Å²) in [5.74, 6) is 0. The van der Waals surface area contributed by atoms with Crippen molar-refractivity contribution in [2.75, 3.05) is 12.3 Å². The molecular formula is C68H58BNP2. The molecule has 2 unspecified atom stereocenters. The quantitative estimate of drug-likeness (QED) is 0.0737. The fourth-order valence-corrected chi connectivity index (χ4v) is 17.8. The van der Waals surface area contributed by atoms with Crippen LogP contribution in [0.2, 0.25) is 0 Å². The lowest BCUT2D eigenvalue weighted by molar-refractivity contribution is 0.677. The first-order valence-corrected chi connectivity index (χ1v) is 28.5. The Balaban J connectivity index is 0.000000188. The molecule has 0 radical (unpaired) electrons. The van der Waals surface area contributed by atoms with Gasteiger partial charge in [0, 0.05) is 15.8 Å². The van der Waals surface area contributed by atoms with E-state index in [0.717, 1.165) is 25.2 Å². The molecule has 10 aromatic rings. The summed E-state index contributed by atoms with van der Waals surface area (Å²) in [4.78, 5) is 0. The van der Waals surface area contributed by atoms with Gasteiger partial charge in [0.15, 0.2) is 0 Å². The van der Waals surface area contributed by atoms with Gasteiger partial charge in [-0.2, -0.15) is 21.9 Å². The third-order valence-corrected chi connectivity index (χ3v) is 20.5. The van der Waals surface area contributed by atoms with E-state index in [0.29, 0.717) is 0 Å². The van der Waals surface area contributed by atoms with Crippen LogP contribution in [0, 0.1) is 0 Å². The van der Waals surface area contributed by atoms with Gasteiger partial charge >= 0.3 is 10.9 Å². The zero-order valence-electron chi connectivity index (χ0n) is 40.6. The standard InChI is InChI=1S/C44H38NP2.C24H20B/c1-7-19-35(20-8-1)43(36-21-9-2-10-22-36)31-33-46(39-27-15-5-16-28-39)41(43)45-42-44(37-23-11-3-12-24-37,38-25-13-4-14-26-38)32-34-47(42)40-29-17-6-18-30-40;1-5-13-21(14-6-1)25(22-15-7-2-8-16-22,23-17-9-3-10-18-23)24-19-11-4-12-20-24/h1-30H,31-34H2;1-20H/q+1;-1. The Morgan fingerprint density at radius 2 is 0.472 bits per heavy atom. The van der Waals surface area contributed by atoms with E-state index in [4.69, 9.17) is 4.67 Å². The van der Waals surface area contributed by atoms with E-state index in [-0.39, 0.29) is 10.8 Å².